The standard InChI is InChI=1S/C27H42N4O5S/c1-2-28-22-15-20(16-23(17-22)31-12-6-7-14-37(31,34)35)27(33)30-25(18-24-11-8-13-36-24)26(32)19-29-21-9-4-3-5-10-21/h8,11,13,15-17,21,25-26,28-29,32,34-35H,2-7,9-10,12,14,18-19H2,1H3,(H,30,33). The molecular weight excluding hydrogens is 492 g/mol. The van der Waals surface area contributed by atoms with E-state index in [2.05, 4.69) is 16.0 Å². The Morgan fingerprint density at radius 2 is 1.97 bits per heavy atom. The molecule has 0 radical (unpaired) electrons. The maximum absolute atomic E-state index is 13.5. The lowest BCUT2D eigenvalue weighted by atomic mass is 9.95. The number of hydrogen-bond acceptors (Lipinski definition) is 8. The van der Waals surface area contributed by atoms with Gasteiger partial charge in [-0.2, -0.15) is 0 Å². The molecular formula is C27H42N4O5S. The van der Waals surface area contributed by atoms with Crippen molar-refractivity contribution in [3.8, 4) is 0 Å². The molecule has 4 rings (SSSR count). The summed E-state index contributed by atoms with van der Waals surface area (Å²) in [5, 5.41) is 20.8. The van der Waals surface area contributed by atoms with Gasteiger partial charge in [0, 0.05) is 43.3 Å². The fourth-order valence-corrected chi connectivity index (χ4v) is 6.89. The Balaban J connectivity index is 1.52. The number of benzene rings is 1. The molecule has 1 aromatic carbocycles. The molecule has 1 aromatic heterocycles. The van der Waals surface area contributed by atoms with Crippen molar-refractivity contribution in [3.63, 3.8) is 0 Å². The minimum absolute atomic E-state index is 0.325. The lowest BCUT2D eigenvalue weighted by Crippen LogP contribution is -2.50. The molecule has 0 spiro atoms. The fraction of sp³-hybridized carbons (Fsp3) is 0.593. The Morgan fingerprint density at radius 1 is 1.16 bits per heavy atom. The molecule has 2 atom stereocenters. The molecule has 2 aromatic rings. The zero-order valence-corrected chi connectivity index (χ0v) is 22.5. The largest absolute Gasteiger partial charge is 0.469 e. The lowest BCUT2D eigenvalue weighted by Gasteiger charge is -2.47. The lowest BCUT2D eigenvalue weighted by molar-refractivity contribution is 0.0814. The first-order chi connectivity index (χ1) is 17.9. The van der Waals surface area contributed by atoms with Gasteiger partial charge < -0.3 is 25.5 Å². The molecule has 9 nitrogen and oxygen atoms in total. The van der Waals surface area contributed by atoms with E-state index in [1.807, 2.05) is 19.1 Å². The summed E-state index contributed by atoms with van der Waals surface area (Å²) in [5.41, 5.74) is 1.73. The van der Waals surface area contributed by atoms with E-state index < -0.39 is 22.9 Å². The van der Waals surface area contributed by atoms with E-state index in [4.69, 9.17) is 4.42 Å². The molecule has 6 N–H and O–H groups in total. The van der Waals surface area contributed by atoms with Crippen LogP contribution in [0.1, 0.15) is 68.0 Å². The maximum atomic E-state index is 13.5. The van der Waals surface area contributed by atoms with Crippen molar-refractivity contribution in [2.24, 2.45) is 0 Å². The van der Waals surface area contributed by atoms with Crippen LogP contribution in [-0.4, -0.2) is 63.7 Å². The smallest absolute Gasteiger partial charge is 0.251 e. The van der Waals surface area contributed by atoms with Crippen molar-refractivity contribution in [1.82, 2.24) is 10.6 Å². The second kappa shape index (κ2) is 13.0. The van der Waals surface area contributed by atoms with Gasteiger partial charge in [-0.3, -0.25) is 18.2 Å². The van der Waals surface area contributed by atoms with Crippen LogP contribution in [0.5, 0.6) is 0 Å². The molecule has 1 saturated carbocycles. The van der Waals surface area contributed by atoms with Gasteiger partial charge in [0.2, 0.25) is 0 Å². The van der Waals surface area contributed by atoms with E-state index in [1.54, 1.807) is 28.8 Å². The summed E-state index contributed by atoms with van der Waals surface area (Å²) < 4.78 is 28.5. The third kappa shape index (κ3) is 7.64. The Kier molecular flexibility index (Phi) is 9.77. The number of furan rings is 1. The fourth-order valence-electron chi connectivity index (χ4n) is 5.21. The summed E-state index contributed by atoms with van der Waals surface area (Å²) in [6, 6.07) is 8.78. The van der Waals surface area contributed by atoms with Crippen LogP contribution in [-0.2, 0) is 6.42 Å². The van der Waals surface area contributed by atoms with Gasteiger partial charge in [0.25, 0.3) is 5.91 Å². The van der Waals surface area contributed by atoms with E-state index in [9.17, 15) is 19.0 Å². The molecule has 37 heavy (non-hydrogen) atoms. The number of rotatable bonds is 11. The van der Waals surface area contributed by atoms with Gasteiger partial charge in [0.15, 0.2) is 0 Å². The molecule has 2 unspecified atom stereocenters. The number of nitrogens with one attached hydrogen (secondary N) is 3. The highest BCUT2D eigenvalue weighted by atomic mass is 32.3. The molecule has 1 aliphatic carbocycles. The van der Waals surface area contributed by atoms with Crippen molar-refractivity contribution >= 4 is 28.1 Å². The molecule has 1 saturated heterocycles. The minimum atomic E-state index is -2.93. The van der Waals surface area contributed by atoms with Gasteiger partial charge in [-0.1, -0.05) is 19.3 Å². The molecule has 0 bridgehead atoms. The van der Waals surface area contributed by atoms with Gasteiger partial charge in [0.1, 0.15) is 5.76 Å². The Labute approximate surface area is 221 Å². The second-order valence-corrected chi connectivity index (χ2v) is 12.2. The van der Waals surface area contributed by atoms with Crippen LogP contribution >= 0.6 is 10.8 Å². The number of anilines is 2. The van der Waals surface area contributed by atoms with Crippen LogP contribution < -0.4 is 20.3 Å². The summed E-state index contributed by atoms with van der Waals surface area (Å²) in [6.45, 7) is 3.53. The molecule has 2 fully saturated rings. The Morgan fingerprint density at radius 3 is 2.68 bits per heavy atom. The van der Waals surface area contributed by atoms with Crippen LogP contribution in [0.25, 0.3) is 0 Å². The van der Waals surface area contributed by atoms with Crippen molar-refractivity contribution in [2.75, 3.05) is 35.0 Å². The summed E-state index contributed by atoms with van der Waals surface area (Å²) in [7, 11) is -2.93. The summed E-state index contributed by atoms with van der Waals surface area (Å²) in [4.78, 5) is 13.5. The molecule has 10 heteroatoms. The zero-order chi connectivity index (χ0) is 26.3. The third-order valence-electron chi connectivity index (χ3n) is 7.23. The van der Waals surface area contributed by atoms with Crippen molar-refractivity contribution < 1.29 is 23.4 Å². The van der Waals surface area contributed by atoms with Crippen molar-refractivity contribution in [2.45, 2.75) is 76.5 Å². The summed E-state index contributed by atoms with van der Waals surface area (Å²) in [5.74, 6) is 0.680. The number of hydrogen-bond donors (Lipinski definition) is 6. The number of carbonyl (C=O) groups excluding carboxylic acids is 1. The monoisotopic (exact) mass is 534 g/mol. The quantitative estimate of drug-likeness (QED) is 0.247. The van der Waals surface area contributed by atoms with Crippen molar-refractivity contribution in [1.29, 1.82) is 0 Å². The first kappa shape index (κ1) is 27.8. The predicted molar refractivity (Wildman–Crippen MR) is 149 cm³/mol. The minimum Gasteiger partial charge on any atom is -0.469 e. The predicted octanol–water partition coefficient (Wildman–Crippen LogP) is 4.60. The maximum Gasteiger partial charge on any atom is 0.251 e. The van der Waals surface area contributed by atoms with Crippen LogP contribution in [0.15, 0.2) is 41.0 Å². The Bertz CT molecular complexity index is 997. The van der Waals surface area contributed by atoms with E-state index in [1.165, 1.54) is 19.3 Å². The summed E-state index contributed by atoms with van der Waals surface area (Å²) in [6.07, 6.45) is 8.64. The highest BCUT2D eigenvalue weighted by Crippen LogP contribution is 2.50. The average Bonchev–Trinajstić information content (AvgIpc) is 3.40. The third-order valence-corrected chi connectivity index (χ3v) is 9.17. The van der Waals surface area contributed by atoms with E-state index in [-0.39, 0.29) is 5.91 Å². The van der Waals surface area contributed by atoms with Crippen LogP contribution in [0, 0.1) is 0 Å². The first-order valence-electron chi connectivity index (χ1n) is 13.5. The number of nitrogens with zero attached hydrogens (tertiary/aromatic N) is 1. The van der Waals surface area contributed by atoms with Gasteiger partial charge in [-0.15, -0.1) is 10.8 Å². The number of amides is 1. The van der Waals surface area contributed by atoms with E-state index in [0.29, 0.717) is 54.9 Å². The van der Waals surface area contributed by atoms with Gasteiger partial charge in [0.05, 0.1) is 29.8 Å². The highest BCUT2D eigenvalue weighted by molar-refractivity contribution is 8.25. The zero-order valence-electron chi connectivity index (χ0n) is 21.7. The van der Waals surface area contributed by atoms with Crippen LogP contribution in [0.2, 0.25) is 0 Å². The molecule has 2 aliphatic rings. The van der Waals surface area contributed by atoms with E-state index in [0.717, 1.165) is 31.4 Å². The average molecular weight is 535 g/mol. The van der Waals surface area contributed by atoms with Gasteiger partial charge >= 0.3 is 0 Å². The van der Waals surface area contributed by atoms with Crippen LogP contribution in [0.4, 0.5) is 11.4 Å². The molecule has 206 valence electrons. The second-order valence-electron chi connectivity index (χ2n) is 10.1. The van der Waals surface area contributed by atoms with Gasteiger partial charge in [-0.25, -0.2) is 0 Å². The normalized spacial score (nSPS) is 20.7. The van der Waals surface area contributed by atoms with E-state index >= 15 is 0 Å². The summed E-state index contributed by atoms with van der Waals surface area (Å²) >= 11 is 0. The number of aliphatic hydroxyl groups excluding tert-OH is 1. The van der Waals surface area contributed by atoms with Gasteiger partial charge in [-0.05, 0) is 62.9 Å². The number of carbonyl (C=O) groups is 1. The van der Waals surface area contributed by atoms with Crippen molar-refractivity contribution in [3.05, 3.63) is 47.9 Å². The molecule has 1 amide bonds. The number of aliphatic hydroxyl groups is 1. The Hall–Kier alpha value is -2.24. The molecule has 1 aliphatic heterocycles. The van der Waals surface area contributed by atoms with Crippen LogP contribution in [0.3, 0.4) is 0 Å². The molecule has 2 heterocycles. The highest BCUT2D eigenvalue weighted by Gasteiger charge is 2.29. The topological polar surface area (TPSA) is 130 Å². The SMILES string of the molecule is CCNc1cc(C(=O)NC(Cc2ccco2)C(O)CNC2CCCCC2)cc(N2CCCCS2(O)O)c1. The first-order valence-corrected chi connectivity index (χ1v) is 15.2.